The number of carbonyl (C=O) groups excluding carboxylic acids is 4. The second-order valence-corrected chi connectivity index (χ2v) is 9.98. The minimum Gasteiger partial charge on any atom is -0.490 e. The van der Waals surface area contributed by atoms with Crippen LogP contribution >= 0.6 is 12.4 Å². The van der Waals surface area contributed by atoms with Gasteiger partial charge in [0.2, 0.25) is 17.7 Å². The van der Waals surface area contributed by atoms with Crippen LogP contribution in [-0.4, -0.2) is 68.7 Å². The summed E-state index contributed by atoms with van der Waals surface area (Å²) < 4.78 is 16.5. The molecule has 2 aliphatic heterocycles. The number of nitrogens with one attached hydrogen (secondary N) is 3. The van der Waals surface area contributed by atoms with Gasteiger partial charge in [0, 0.05) is 19.8 Å². The Balaban J connectivity index is 0.00000645. The van der Waals surface area contributed by atoms with Crippen LogP contribution in [0.5, 0.6) is 11.5 Å². The lowest BCUT2D eigenvalue weighted by atomic mass is 10.0. The first-order valence-corrected chi connectivity index (χ1v) is 14.0. The van der Waals surface area contributed by atoms with Gasteiger partial charge in [0.05, 0.1) is 7.11 Å². The monoisotopic (exact) mass is 616 g/mol. The summed E-state index contributed by atoms with van der Waals surface area (Å²) >= 11 is 0. The number of ether oxygens (including phenoxy) is 3. The number of nitrogens with two attached hydrogens (primary N) is 1. The van der Waals surface area contributed by atoms with Crippen molar-refractivity contribution < 1.29 is 33.4 Å². The van der Waals surface area contributed by atoms with E-state index in [-0.39, 0.29) is 31.2 Å². The molecule has 0 aliphatic carbocycles. The summed E-state index contributed by atoms with van der Waals surface area (Å²) in [6, 6.07) is 11.5. The average Bonchev–Trinajstić information content (AvgIpc) is 2.97. The maximum absolute atomic E-state index is 13.5. The number of benzene rings is 2. The summed E-state index contributed by atoms with van der Waals surface area (Å²) in [4.78, 5) is 51.5. The molecule has 0 spiro atoms. The molecule has 43 heavy (non-hydrogen) atoms. The molecule has 0 unspecified atom stereocenters. The van der Waals surface area contributed by atoms with Crippen molar-refractivity contribution in [2.75, 3.05) is 26.9 Å². The SMILES string of the molecule is COC(=O)[C@@H]1Cc2cccc(c2)OC/C=C/COc2ccc(cc2)C[C@H](NC(C)=O)C(=O)N[C@H](CCCCN)C(=O)N1.Cl. The van der Waals surface area contributed by atoms with E-state index in [1.165, 1.54) is 14.0 Å². The number of fused-ring (bicyclic) bond motifs is 14. The highest BCUT2D eigenvalue weighted by Gasteiger charge is 2.30. The highest BCUT2D eigenvalue weighted by Crippen LogP contribution is 2.17. The van der Waals surface area contributed by atoms with Gasteiger partial charge in [0.25, 0.3) is 0 Å². The highest BCUT2D eigenvalue weighted by atomic mass is 35.5. The maximum atomic E-state index is 13.5. The van der Waals surface area contributed by atoms with Crippen LogP contribution in [0.2, 0.25) is 0 Å². The summed E-state index contributed by atoms with van der Waals surface area (Å²) in [6.07, 6.45) is 5.52. The fourth-order valence-corrected chi connectivity index (χ4v) is 4.48. The first-order chi connectivity index (χ1) is 20.3. The van der Waals surface area contributed by atoms with Crippen molar-refractivity contribution in [3.05, 3.63) is 71.8 Å². The highest BCUT2D eigenvalue weighted by molar-refractivity contribution is 5.93. The van der Waals surface area contributed by atoms with Crippen LogP contribution < -0.4 is 31.2 Å². The summed E-state index contributed by atoms with van der Waals surface area (Å²) in [7, 11) is 1.25. The zero-order chi connectivity index (χ0) is 30.3. The average molecular weight is 617 g/mol. The lowest BCUT2D eigenvalue weighted by Crippen LogP contribution is -2.56. The van der Waals surface area contributed by atoms with Crippen molar-refractivity contribution >= 4 is 36.1 Å². The van der Waals surface area contributed by atoms with Gasteiger partial charge in [-0.05, 0) is 73.4 Å². The molecule has 234 valence electrons. The topological polar surface area (TPSA) is 158 Å². The molecule has 0 aromatic heterocycles. The maximum Gasteiger partial charge on any atom is 0.328 e. The number of unbranched alkanes of at least 4 members (excludes halogenated alkanes) is 1. The van der Waals surface area contributed by atoms with Crippen LogP contribution in [0.3, 0.4) is 0 Å². The Morgan fingerprint density at radius 2 is 1.63 bits per heavy atom. The molecule has 4 rings (SSSR count). The molecule has 2 aromatic carbocycles. The Kier molecular flexibility index (Phi) is 15.1. The minimum atomic E-state index is -1.01. The number of amides is 3. The van der Waals surface area contributed by atoms with Gasteiger partial charge in [-0.1, -0.05) is 24.3 Å². The van der Waals surface area contributed by atoms with Crippen molar-refractivity contribution in [2.24, 2.45) is 5.73 Å². The molecular weight excluding hydrogens is 576 g/mol. The van der Waals surface area contributed by atoms with Gasteiger partial charge in [-0.15, -0.1) is 12.4 Å². The second-order valence-electron chi connectivity index (χ2n) is 9.98. The second kappa shape index (κ2) is 18.4. The van der Waals surface area contributed by atoms with Gasteiger partial charge in [-0.2, -0.15) is 0 Å². The number of methoxy groups -OCH3 is 1. The zero-order valence-electron chi connectivity index (χ0n) is 24.5. The van der Waals surface area contributed by atoms with Gasteiger partial charge in [0.1, 0.15) is 42.8 Å². The van der Waals surface area contributed by atoms with Crippen LogP contribution in [0.4, 0.5) is 0 Å². The van der Waals surface area contributed by atoms with E-state index in [0.29, 0.717) is 50.5 Å². The first-order valence-electron chi connectivity index (χ1n) is 14.0. The van der Waals surface area contributed by atoms with E-state index in [2.05, 4.69) is 16.0 Å². The quantitative estimate of drug-likeness (QED) is 0.218. The minimum absolute atomic E-state index is 0. The Hall–Kier alpha value is -4.09. The lowest BCUT2D eigenvalue weighted by molar-refractivity contribution is -0.145. The Labute approximate surface area is 258 Å². The van der Waals surface area contributed by atoms with E-state index in [4.69, 9.17) is 19.9 Å². The van der Waals surface area contributed by atoms with Crippen molar-refractivity contribution in [3.8, 4) is 11.5 Å². The number of rotatable bonds is 6. The third kappa shape index (κ3) is 12.0. The molecule has 0 fully saturated rings. The molecule has 0 radical (unpaired) electrons. The molecule has 0 saturated heterocycles. The normalized spacial score (nSPS) is 20.3. The van der Waals surface area contributed by atoms with Crippen LogP contribution in [-0.2, 0) is 36.8 Å². The molecular formula is C31H41ClN4O7. The third-order valence-corrected chi connectivity index (χ3v) is 6.64. The summed E-state index contributed by atoms with van der Waals surface area (Å²) in [5, 5.41) is 8.21. The van der Waals surface area contributed by atoms with Crippen molar-refractivity contribution in [1.29, 1.82) is 0 Å². The number of hydrogen-bond donors (Lipinski definition) is 4. The van der Waals surface area contributed by atoms with Crippen LogP contribution in [0.15, 0.2) is 60.7 Å². The van der Waals surface area contributed by atoms with Crippen LogP contribution in [0.25, 0.3) is 0 Å². The molecule has 2 heterocycles. The molecule has 5 N–H and O–H groups in total. The number of hydrogen-bond acceptors (Lipinski definition) is 8. The van der Waals surface area contributed by atoms with E-state index in [9.17, 15) is 19.2 Å². The lowest BCUT2D eigenvalue weighted by Gasteiger charge is -2.25. The summed E-state index contributed by atoms with van der Waals surface area (Å²) in [6.45, 7) is 2.41. The number of esters is 1. The van der Waals surface area contributed by atoms with Gasteiger partial charge in [0.15, 0.2) is 0 Å². The molecule has 2 aromatic rings. The van der Waals surface area contributed by atoms with Gasteiger partial charge in [-0.25, -0.2) is 4.79 Å². The first kappa shape index (κ1) is 35.1. The summed E-state index contributed by atoms with van der Waals surface area (Å²) in [5.41, 5.74) is 7.19. The van der Waals surface area contributed by atoms with E-state index in [1.54, 1.807) is 30.3 Å². The Morgan fingerprint density at radius 1 is 0.930 bits per heavy atom. The van der Waals surface area contributed by atoms with Gasteiger partial charge >= 0.3 is 5.97 Å². The summed E-state index contributed by atoms with van der Waals surface area (Å²) in [5.74, 6) is -0.829. The van der Waals surface area contributed by atoms with E-state index < -0.39 is 35.9 Å². The molecule has 2 aliphatic rings. The Morgan fingerprint density at radius 3 is 2.28 bits per heavy atom. The number of carbonyl (C=O) groups is 4. The predicted molar refractivity (Wildman–Crippen MR) is 164 cm³/mol. The van der Waals surface area contributed by atoms with Gasteiger partial charge < -0.3 is 35.9 Å². The smallest absolute Gasteiger partial charge is 0.328 e. The van der Waals surface area contributed by atoms with Crippen molar-refractivity contribution in [2.45, 2.75) is 57.2 Å². The van der Waals surface area contributed by atoms with E-state index >= 15 is 0 Å². The molecule has 3 atom stereocenters. The largest absolute Gasteiger partial charge is 0.490 e. The molecule has 3 amide bonds. The predicted octanol–water partition coefficient (Wildman–Crippen LogP) is 2.00. The number of halogens is 1. The molecule has 11 nitrogen and oxygen atoms in total. The molecule has 12 heteroatoms. The fraction of sp³-hybridized carbons (Fsp3) is 0.419. The Bertz CT molecular complexity index is 1240. The van der Waals surface area contributed by atoms with Crippen LogP contribution in [0, 0.1) is 0 Å². The molecule has 4 bridgehead atoms. The third-order valence-electron chi connectivity index (χ3n) is 6.64. The fourth-order valence-electron chi connectivity index (χ4n) is 4.48. The van der Waals surface area contributed by atoms with Crippen molar-refractivity contribution in [1.82, 2.24) is 16.0 Å². The van der Waals surface area contributed by atoms with E-state index in [1.807, 2.05) is 30.4 Å². The van der Waals surface area contributed by atoms with E-state index in [0.717, 1.165) is 11.1 Å². The van der Waals surface area contributed by atoms with Crippen LogP contribution in [0.1, 0.15) is 37.3 Å². The standard InChI is InChI=1S/C31H40N4O7.ClH/c1-21(36)33-27-19-22-11-13-24(14-12-22)41-16-5-6-17-42-25-9-7-8-23(18-25)20-28(31(39)40-2)35-29(37)26(34-30(27)38)10-3-4-15-32;/h5-9,11-14,18,26-28H,3-4,10,15-17,19-20,32H2,1-2H3,(H,33,36)(H,34,38)(H,35,37);1H/b6-5+;/t26-,27+,28+;/m1./s1. The van der Waals surface area contributed by atoms with Gasteiger partial charge in [-0.3, -0.25) is 14.4 Å². The molecule has 0 saturated carbocycles. The van der Waals surface area contributed by atoms with Crippen molar-refractivity contribution in [3.63, 3.8) is 0 Å². The zero-order valence-corrected chi connectivity index (χ0v) is 25.3.